The zero-order chi connectivity index (χ0) is 11.3. The van der Waals surface area contributed by atoms with Crippen LogP contribution in [0.25, 0.3) is 0 Å². The van der Waals surface area contributed by atoms with E-state index in [9.17, 15) is 9.18 Å². The lowest BCUT2D eigenvalue weighted by molar-refractivity contribution is -0.120. The highest BCUT2D eigenvalue weighted by Crippen LogP contribution is 2.03. The molecule has 0 bridgehead atoms. The van der Waals surface area contributed by atoms with E-state index in [1.165, 1.54) is 12.1 Å². The van der Waals surface area contributed by atoms with Gasteiger partial charge in [-0.2, -0.15) is 0 Å². The van der Waals surface area contributed by atoms with Crippen molar-refractivity contribution in [2.45, 2.75) is 25.9 Å². The number of halogens is 1. The molecule has 0 aliphatic heterocycles. The third-order valence-electron chi connectivity index (χ3n) is 2.19. The topological polar surface area (TPSA) is 55.1 Å². The van der Waals surface area contributed by atoms with Crippen LogP contribution in [0.5, 0.6) is 0 Å². The number of hydrogen-bond acceptors (Lipinski definition) is 2. The molecule has 1 unspecified atom stereocenters. The van der Waals surface area contributed by atoms with Gasteiger partial charge in [-0.05, 0) is 24.1 Å². The van der Waals surface area contributed by atoms with Crippen LogP contribution in [0.1, 0.15) is 18.9 Å². The number of benzene rings is 1. The molecule has 3 nitrogen and oxygen atoms in total. The molecule has 0 heterocycles. The SMILES string of the molecule is CCC(NCc1cccc(F)c1)C(N)=O. The minimum Gasteiger partial charge on any atom is -0.368 e. The molecule has 0 radical (unpaired) electrons. The van der Waals surface area contributed by atoms with Crippen LogP contribution in [0.4, 0.5) is 4.39 Å². The van der Waals surface area contributed by atoms with Crippen LogP contribution in [0.2, 0.25) is 0 Å². The number of nitrogens with two attached hydrogens (primary N) is 1. The number of hydrogen-bond donors (Lipinski definition) is 2. The first-order valence-electron chi connectivity index (χ1n) is 4.90. The summed E-state index contributed by atoms with van der Waals surface area (Å²) in [4.78, 5) is 10.9. The number of amides is 1. The zero-order valence-corrected chi connectivity index (χ0v) is 8.66. The van der Waals surface area contributed by atoms with Crippen molar-refractivity contribution in [1.29, 1.82) is 0 Å². The van der Waals surface area contributed by atoms with Crippen molar-refractivity contribution in [2.75, 3.05) is 0 Å². The Bertz CT molecular complexity index is 341. The van der Waals surface area contributed by atoms with Crippen LogP contribution in [-0.2, 0) is 11.3 Å². The molecule has 1 aromatic rings. The van der Waals surface area contributed by atoms with Crippen molar-refractivity contribution in [3.8, 4) is 0 Å². The highest BCUT2D eigenvalue weighted by Gasteiger charge is 2.11. The largest absolute Gasteiger partial charge is 0.368 e. The quantitative estimate of drug-likeness (QED) is 0.766. The lowest BCUT2D eigenvalue weighted by atomic mass is 10.1. The number of carbonyl (C=O) groups excluding carboxylic acids is 1. The van der Waals surface area contributed by atoms with Crippen molar-refractivity contribution in [2.24, 2.45) is 5.73 Å². The van der Waals surface area contributed by atoms with Gasteiger partial charge in [-0.15, -0.1) is 0 Å². The Labute approximate surface area is 88.5 Å². The fourth-order valence-corrected chi connectivity index (χ4v) is 1.33. The van der Waals surface area contributed by atoms with Gasteiger partial charge < -0.3 is 11.1 Å². The first kappa shape index (κ1) is 11.7. The van der Waals surface area contributed by atoms with Crippen LogP contribution in [-0.4, -0.2) is 11.9 Å². The summed E-state index contributed by atoms with van der Waals surface area (Å²) >= 11 is 0. The zero-order valence-electron chi connectivity index (χ0n) is 8.66. The van der Waals surface area contributed by atoms with Gasteiger partial charge in [0.25, 0.3) is 0 Å². The molecule has 0 saturated carbocycles. The highest BCUT2D eigenvalue weighted by atomic mass is 19.1. The maximum Gasteiger partial charge on any atom is 0.234 e. The maximum atomic E-state index is 12.8. The Kier molecular flexibility index (Phi) is 4.24. The molecule has 0 aliphatic carbocycles. The second-order valence-electron chi connectivity index (χ2n) is 3.37. The Morgan fingerprint density at radius 2 is 2.33 bits per heavy atom. The first-order valence-corrected chi connectivity index (χ1v) is 4.90. The van der Waals surface area contributed by atoms with E-state index in [2.05, 4.69) is 5.32 Å². The van der Waals surface area contributed by atoms with E-state index in [1.807, 2.05) is 6.92 Å². The molecule has 15 heavy (non-hydrogen) atoms. The van der Waals surface area contributed by atoms with Crippen molar-refractivity contribution in [1.82, 2.24) is 5.32 Å². The molecule has 1 atom stereocenters. The van der Waals surface area contributed by atoms with Gasteiger partial charge in [0, 0.05) is 6.54 Å². The van der Waals surface area contributed by atoms with Gasteiger partial charge in [-0.25, -0.2) is 4.39 Å². The van der Waals surface area contributed by atoms with E-state index < -0.39 is 0 Å². The molecule has 0 aliphatic rings. The van der Waals surface area contributed by atoms with E-state index >= 15 is 0 Å². The highest BCUT2D eigenvalue weighted by molar-refractivity contribution is 5.79. The Morgan fingerprint density at radius 1 is 1.60 bits per heavy atom. The van der Waals surface area contributed by atoms with Crippen LogP contribution in [0.15, 0.2) is 24.3 Å². The summed E-state index contributed by atoms with van der Waals surface area (Å²) in [6.07, 6.45) is 0.630. The van der Waals surface area contributed by atoms with E-state index in [4.69, 9.17) is 5.73 Å². The molecule has 1 amide bonds. The van der Waals surface area contributed by atoms with Gasteiger partial charge in [0.2, 0.25) is 5.91 Å². The minimum absolute atomic E-state index is 0.276. The van der Waals surface area contributed by atoms with E-state index in [0.717, 1.165) is 5.56 Å². The summed E-state index contributed by atoms with van der Waals surface area (Å²) < 4.78 is 12.8. The van der Waals surface area contributed by atoms with Crippen LogP contribution in [0, 0.1) is 5.82 Å². The molecule has 0 fully saturated rings. The van der Waals surface area contributed by atoms with Gasteiger partial charge in [0.15, 0.2) is 0 Å². The summed E-state index contributed by atoms with van der Waals surface area (Å²) in [5, 5.41) is 2.97. The minimum atomic E-state index is -0.381. The first-order chi connectivity index (χ1) is 7.13. The summed E-state index contributed by atoms with van der Waals surface area (Å²) in [6.45, 7) is 2.31. The predicted molar refractivity (Wildman–Crippen MR) is 56.5 cm³/mol. The molecule has 82 valence electrons. The lowest BCUT2D eigenvalue weighted by Gasteiger charge is -2.12. The second-order valence-corrected chi connectivity index (χ2v) is 3.37. The van der Waals surface area contributed by atoms with Crippen molar-refractivity contribution >= 4 is 5.91 Å². The average Bonchev–Trinajstić information content (AvgIpc) is 2.18. The Hall–Kier alpha value is -1.42. The fourth-order valence-electron chi connectivity index (χ4n) is 1.33. The van der Waals surface area contributed by atoms with Crippen LogP contribution in [0.3, 0.4) is 0 Å². The van der Waals surface area contributed by atoms with Gasteiger partial charge in [-0.3, -0.25) is 4.79 Å². The summed E-state index contributed by atoms with van der Waals surface area (Å²) in [6, 6.07) is 5.89. The Balaban J connectivity index is 2.52. The van der Waals surface area contributed by atoms with E-state index in [-0.39, 0.29) is 17.8 Å². The summed E-state index contributed by atoms with van der Waals surface area (Å²) in [5.41, 5.74) is 5.97. The standard InChI is InChI=1S/C11H15FN2O/c1-2-10(11(13)15)14-7-8-4-3-5-9(12)6-8/h3-6,10,14H,2,7H2,1H3,(H2,13,15). The molecule has 1 rings (SSSR count). The predicted octanol–water partition coefficient (Wildman–Crippen LogP) is 1.18. The monoisotopic (exact) mass is 210 g/mol. The summed E-state index contributed by atoms with van der Waals surface area (Å²) in [7, 11) is 0. The number of rotatable bonds is 5. The van der Waals surface area contributed by atoms with Gasteiger partial charge in [0.1, 0.15) is 5.82 Å². The average molecular weight is 210 g/mol. The molecule has 3 N–H and O–H groups in total. The van der Waals surface area contributed by atoms with Crippen molar-refractivity contribution in [3.05, 3.63) is 35.6 Å². The molecular formula is C11H15FN2O. The number of carbonyl (C=O) groups is 1. The molecular weight excluding hydrogens is 195 g/mol. The number of primary amides is 1. The third-order valence-corrected chi connectivity index (χ3v) is 2.19. The van der Waals surface area contributed by atoms with Gasteiger partial charge in [-0.1, -0.05) is 19.1 Å². The molecule has 0 aromatic heterocycles. The van der Waals surface area contributed by atoms with Crippen molar-refractivity contribution < 1.29 is 9.18 Å². The Morgan fingerprint density at radius 3 is 2.87 bits per heavy atom. The maximum absolute atomic E-state index is 12.8. The van der Waals surface area contributed by atoms with Gasteiger partial charge >= 0.3 is 0 Å². The molecule has 4 heteroatoms. The van der Waals surface area contributed by atoms with Crippen LogP contribution >= 0.6 is 0 Å². The lowest BCUT2D eigenvalue weighted by Crippen LogP contribution is -2.40. The third kappa shape index (κ3) is 3.67. The normalized spacial score (nSPS) is 12.4. The van der Waals surface area contributed by atoms with Crippen LogP contribution < -0.4 is 11.1 Å². The smallest absolute Gasteiger partial charge is 0.234 e. The number of nitrogens with one attached hydrogen (secondary N) is 1. The van der Waals surface area contributed by atoms with E-state index in [1.54, 1.807) is 12.1 Å². The molecule has 1 aromatic carbocycles. The van der Waals surface area contributed by atoms with Gasteiger partial charge in [0.05, 0.1) is 6.04 Å². The second kappa shape index (κ2) is 5.46. The molecule has 0 spiro atoms. The summed E-state index contributed by atoms with van der Waals surface area (Å²) in [5.74, 6) is -0.657. The van der Waals surface area contributed by atoms with E-state index in [0.29, 0.717) is 13.0 Å². The molecule has 0 saturated heterocycles. The van der Waals surface area contributed by atoms with Crippen molar-refractivity contribution in [3.63, 3.8) is 0 Å². The fraction of sp³-hybridized carbons (Fsp3) is 0.364.